The minimum Gasteiger partial charge on any atom is -0.458 e. The number of benzene rings is 2. The largest absolute Gasteiger partial charge is 0.458 e. The van der Waals surface area contributed by atoms with E-state index in [1.54, 1.807) is 12.1 Å². The van der Waals surface area contributed by atoms with Crippen molar-refractivity contribution in [1.29, 1.82) is 0 Å². The molecule has 6 nitrogen and oxygen atoms in total. The topological polar surface area (TPSA) is 81.5 Å². The fourth-order valence-corrected chi connectivity index (χ4v) is 3.87. The van der Waals surface area contributed by atoms with Crippen molar-refractivity contribution in [3.63, 3.8) is 0 Å². The molecule has 0 saturated heterocycles. The second-order valence-electron chi connectivity index (χ2n) is 9.57. The SMILES string of the molecule is CCCCCCCCN[C@@](Cc1ccccc1)(C(=O)OC(C)(C)C)c1ccc([N+](=O)[O-])cc1. The van der Waals surface area contributed by atoms with Gasteiger partial charge in [-0.05, 0) is 57.0 Å². The molecule has 0 aliphatic carbocycles. The highest BCUT2D eigenvalue weighted by Gasteiger charge is 2.43. The van der Waals surface area contributed by atoms with Crippen molar-refractivity contribution in [1.82, 2.24) is 5.32 Å². The lowest BCUT2D eigenvalue weighted by atomic mass is 9.83. The Morgan fingerprint density at radius 1 is 0.939 bits per heavy atom. The maximum absolute atomic E-state index is 13.7. The Hall–Kier alpha value is -2.73. The van der Waals surface area contributed by atoms with Crippen molar-refractivity contribution in [2.45, 2.75) is 83.8 Å². The van der Waals surface area contributed by atoms with E-state index >= 15 is 0 Å². The van der Waals surface area contributed by atoms with Crippen LogP contribution in [0.3, 0.4) is 0 Å². The molecule has 1 atom stereocenters. The first-order chi connectivity index (χ1) is 15.7. The van der Waals surface area contributed by atoms with Crippen molar-refractivity contribution >= 4 is 11.7 Å². The van der Waals surface area contributed by atoms with Gasteiger partial charge in [-0.15, -0.1) is 0 Å². The van der Waals surface area contributed by atoms with E-state index in [9.17, 15) is 14.9 Å². The quantitative estimate of drug-likeness (QED) is 0.166. The number of rotatable bonds is 13. The van der Waals surface area contributed by atoms with Gasteiger partial charge in [0.05, 0.1) is 4.92 Å². The molecule has 2 aromatic rings. The molecule has 0 spiro atoms. The van der Waals surface area contributed by atoms with Crippen LogP contribution in [0.25, 0.3) is 0 Å². The first-order valence-electron chi connectivity index (χ1n) is 12.0. The Labute approximate surface area is 197 Å². The van der Waals surface area contributed by atoms with E-state index in [-0.39, 0.29) is 11.7 Å². The summed E-state index contributed by atoms with van der Waals surface area (Å²) in [6, 6.07) is 16.0. The third-order valence-electron chi connectivity index (χ3n) is 5.59. The van der Waals surface area contributed by atoms with E-state index in [0.29, 0.717) is 18.5 Å². The second-order valence-corrected chi connectivity index (χ2v) is 9.57. The van der Waals surface area contributed by atoms with Crippen LogP contribution in [0, 0.1) is 10.1 Å². The highest BCUT2D eigenvalue weighted by atomic mass is 16.6. The number of hydrogen-bond donors (Lipinski definition) is 1. The molecular weight excluding hydrogens is 416 g/mol. The predicted octanol–water partition coefficient (Wildman–Crippen LogP) is 6.32. The van der Waals surface area contributed by atoms with Gasteiger partial charge in [0.15, 0.2) is 0 Å². The number of non-ortho nitro benzene ring substituents is 1. The van der Waals surface area contributed by atoms with Crippen LogP contribution in [-0.2, 0) is 21.5 Å². The Bertz CT molecular complexity index is 875. The van der Waals surface area contributed by atoms with Gasteiger partial charge in [0.1, 0.15) is 11.1 Å². The maximum atomic E-state index is 13.7. The van der Waals surface area contributed by atoms with Crippen LogP contribution >= 0.6 is 0 Å². The highest BCUT2D eigenvalue weighted by molar-refractivity contribution is 5.83. The van der Waals surface area contributed by atoms with E-state index in [4.69, 9.17) is 4.74 Å². The van der Waals surface area contributed by atoms with Crippen LogP contribution in [0.5, 0.6) is 0 Å². The number of nitrogens with one attached hydrogen (secondary N) is 1. The molecule has 0 saturated carbocycles. The summed E-state index contributed by atoms with van der Waals surface area (Å²) < 4.78 is 5.88. The zero-order valence-electron chi connectivity index (χ0n) is 20.4. The Morgan fingerprint density at radius 3 is 2.12 bits per heavy atom. The molecule has 0 aliphatic rings. The summed E-state index contributed by atoms with van der Waals surface area (Å²) in [5.41, 5.74) is -0.170. The predicted molar refractivity (Wildman–Crippen MR) is 132 cm³/mol. The van der Waals surface area contributed by atoms with Crippen molar-refractivity contribution in [3.8, 4) is 0 Å². The fraction of sp³-hybridized carbons (Fsp3) is 0.519. The molecule has 180 valence electrons. The molecule has 0 radical (unpaired) electrons. The van der Waals surface area contributed by atoms with Gasteiger partial charge in [-0.2, -0.15) is 0 Å². The van der Waals surface area contributed by atoms with Gasteiger partial charge in [-0.1, -0.05) is 69.4 Å². The van der Waals surface area contributed by atoms with Crippen molar-refractivity contribution in [2.75, 3.05) is 6.54 Å². The monoisotopic (exact) mass is 454 g/mol. The second kappa shape index (κ2) is 12.5. The van der Waals surface area contributed by atoms with Crippen molar-refractivity contribution in [3.05, 3.63) is 75.8 Å². The summed E-state index contributed by atoms with van der Waals surface area (Å²) in [6.45, 7) is 8.39. The number of hydrogen-bond acceptors (Lipinski definition) is 5. The summed E-state index contributed by atoms with van der Waals surface area (Å²) in [6.07, 6.45) is 7.25. The molecule has 33 heavy (non-hydrogen) atoms. The molecule has 0 amide bonds. The van der Waals surface area contributed by atoms with Gasteiger partial charge in [0.25, 0.3) is 5.69 Å². The van der Waals surface area contributed by atoms with Crippen LogP contribution in [0.2, 0.25) is 0 Å². The number of nitro groups is 1. The van der Waals surface area contributed by atoms with Gasteiger partial charge in [0, 0.05) is 18.6 Å². The minimum atomic E-state index is -1.15. The van der Waals surface area contributed by atoms with E-state index in [1.807, 2.05) is 51.1 Å². The maximum Gasteiger partial charge on any atom is 0.331 e. The summed E-state index contributed by atoms with van der Waals surface area (Å²) in [7, 11) is 0. The zero-order valence-corrected chi connectivity index (χ0v) is 20.4. The Morgan fingerprint density at radius 2 is 1.55 bits per heavy atom. The lowest BCUT2D eigenvalue weighted by Gasteiger charge is -2.36. The van der Waals surface area contributed by atoms with E-state index < -0.39 is 16.1 Å². The van der Waals surface area contributed by atoms with E-state index in [0.717, 1.165) is 18.4 Å². The van der Waals surface area contributed by atoms with Crippen molar-refractivity contribution in [2.24, 2.45) is 0 Å². The summed E-state index contributed by atoms with van der Waals surface area (Å²) in [4.78, 5) is 24.5. The summed E-state index contributed by atoms with van der Waals surface area (Å²) in [5.74, 6) is -0.376. The van der Waals surface area contributed by atoms with Crippen LogP contribution in [-0.4, -0.2) is 23.0 Å². The average molecular weight is 455 g/mol. The number of esters is 1. The number of carbonyl (C=O) groups is 1. The van der Waals surface area contributed by atoms with E-state index in [1.165, 1.54) is 37.8 Å². The molecule has 1 N–H and O–H groups in total. The van der Waals surface area contributed by atoms with E-state index in [2.05, 4.69) is 12.2 Å². The lowest BCUT2D eigenvalue weighted by molar-refractivity contribution is -0.384. The number of carbonyl (C=O) groups excluding carboxylic acids is 1. The molecule has 0 fully saturated rings. The standard InChI is InChI=1S/C27H38N2O4/c1-5-6-7-8-9-13-20-28-27(25(30)33-26(2,3)4,21-22-14-11-10-12-15-22)23-16-18-24(19-17-23)29(31)32/h10-12,14-19,28H,5-9,13,20-21H2,1-4H3/t27-/m1/s1. The highest BCUT2D eigenvalue weighted by Crippen LogP contribution is 2.31. The molecule has 0 aromatic heterocycles. The molecule has 0 heterocycles. The van der Waals surface area contributed by atoms with Gasteiger partial charge >= 0.3 is 5.97 Å². The zero-order chi connectivity index (χ0) is 24.3. The van der Waals surface area contributed by atoms with Gasteiger partial charge < -0.3 is 4.74 Å². The molecule has 0 unspecified atom stereocenters. The number of ether oxygens (including phenoxy) is 1. The molecule has 2 rings (SSSR count). The molecule has 0 aliphatic heterocycles. The van der Waals surface area contributed by atoms with Crippen molar-refractivity contribution < 1.29 is 14.5 Å². The first-order valence-corrected chi connectivity index (χ1v) is 12.0. The van der Waals surface area contributed by atoms with Crippen LogP contribution < -0.4 is 5.32 Å². The van der Waals surface area contributed by atoms with Crippen LogP contribution in [0.1, 0.15) is 77.3 Å². The summed E-state index contributed by atoms with van der Waals surface area (Å²) >= 11 is 0. The molecular formula is C27H38N2O4. The fourth-order valence-electron chi connectivity index (χ4n) is 3.87. The number of nitrogens with zero attached hydrogens (tertiary/aromatic N) is 1. The third kappa shape index (κ3) is 8.28. The number of nitro benzene ring substituents is 1. The molecule has 6 heteroatoms. The number of unbranched alkanes of at least 4 members (excludes halogenated alkanes) is 5. The Kier molecular flexibility index (Phi) is 10.0. The minimum absolute atomic E-state index is 0.00697. The van der Waals surface area contributed by atoms with Gasteiger partial charge in [0.2, 0.25) is 0 Å². The van der Waals surface area contributed by atoms with Crippen LogP contribution in [0.4, 0.5) is 5.69 Å². The molecule has 2 aromatic carbocycles. The first kappa shape index (κ1) is 26.5. The third-order valence-corrected chi connectivity index (χ3v) is 5.59. The smallest absolute Gasteiger partial charge is 0.331 e. The van der Waals surface area contributed by atoms with Gasteiger partial charge in [-0.3, -0.25) is 15.4 Å². The molecule has 0 bridgehead atoms. The lowest BCUT2D eigenvalue weighted by Crippen LogP contribution is -2.53. The average Bonchev–Trinajstić information content (AvgIpc) is 2.77. The Balaban J connectivity index is 2.38. The normalized spacial score (nSPS) is 13.3. The van der Waals surface area contributed by atoms with Crippen LogP contribution in [0.15, 0.2) is 54.6 Å². The summed E-state index contributed by atoms with van der Waals surface area (Å²) in [5, 5.41) is 14.7. The van der Waals surface area contributed by atoms with Gasteiger partial charge in [-0.25, -0.2) is 4.79 Å².